The van der Waals surface area contributed by atoms with Crippen molar-refractivity contribution in [2.24, 2.45) is 17.8 Å². The minimum Gasteiger partial charge on any atom is -0.493 e. The lowest BCUT2D eigenvalue weighted by molar-refractivity contribution is 0.0105. The summed E-state index contributed by atoms with van der Waals surface area (Å²) in [5.41, 5.74) is 3.21. The second kappa shape index (κ2) is 6.66. The van der Waals surface area contributed by atoms with E-state index in [2.05, 4.69) is 40.2 Å². The molecule has 3 aromatic rings. The third kappa shape index (κ3) is 2.78. The number of benzene rings is 1. The maximum atomic E-state index is 5.57. The Morgan fingerprint density at radius 3 is 2.30 bits per heavy atom. The van der Waals surface area contributed by atoms with Crippen LogP contribution in [0.4, 0.5) is 5.82 Å². The molecule has 7 rings (SSSR count). The summed E-state index contributed by atoms with van der Waals surface area (Å²) in [6, 6.07) is 12.3. The highest BCUT2D eigenvalue weighted by molar-refractivity contribution is 5.78. The SMILES string of the molecule is COc1ccc(-c2nc3ccccn3c2NC23CC4CC(CC(C4)C2)C3)cc1OC. The molecule has 4 fully saturated rings. The molecule has 30 heavy (non-hydrogen) atoms. The van der Waals surface area contributed by atoms with Crippen LogP contribution >= 0.6 is 0 Å². The van der Waals surface area contributed by atoms with Crippen LogP contribution in [0.5, 0.6) is 11.5 Å². The molecule has 2 heterocycles. The summed E-state index contributed by atoms with van der Waals surface area (Å²) in [5.74, 6) is 5.26. The molecule has 4 aliphatic rings. The molecular formula is C25H29N3O2. The van der Waals surface area contributed by atoms with E-state index < -0.39 is 0 Å². The molecule has 1 aromatic carbocycles. The van der Waals surface area contributed by atoms with Gasteiger partial charge in [-0.05, 0) is 86.6 Å². The van der Waals surface area contributed by atoms with Crippen LogP contribution in [0.15, 0.2) is 42.6 Å². The van der Waals surface area contributed by atoms with Gasteiger partial charge in [-0.25, -0.2) is 4.98 Å². The average molecular weight is 404 g/mol. The van der Waals surface area contributed by atoms with Gasteiger partial charge < -0.3 is 14.8 Å². The maximum Gasteiger partial charge on any atom is 0.161 e. The third-order valence-corrected chi connectivity index (χ3v) is 7.61. The van der Waals surface area contributed by atoms with Crippen LogP contribution in [0.25, 0.3) is 16.9 Å². The van der Waals surface area contributed by atoms with Crippen LogP contribution in [0.3, 0.4) is 0 Å². The van der Waals surface area contributed by atoms with Crippen molar-refractivity contribution in [3.63, 3.8) is 0 Å². The number of imidazole rings is 1. The van der Waals surface area contributed by atoms with E-state index in [-0.39, 0.29) is 5.54 Å². The van der Waals surface area contributed by atoms with Crippen molar-refractivity contribution < 1.29 is 9.47 Å². The predicted molar refractivity (Wildman–Crippen MR) is 118 cm³/mol. The molecule has 0 atom stereocenters. The summed E-state index contributed by atoms with van der Waals surface area (Å²) in [4.78, 5) is 5.02. The maximum absolute atomic E-state index is 5.57. The van der Waals surface area contributed by atoms with Crippen LogP contribution < -0.4 is 14.8 Å². The third-order valence-electron chi connectivity index (χ3n) is 7.61. The molecule has 0 saturated heterocycles. The second-order valence-electron chi connectivity index (χ2n) is 9.63. The molecule has 4 aliphatic carbocycles. The van der Waals surface area contributed by atoms with E-state index >= 15 is 0 Å². The van der Waals surface area contributed by atoms with Gasteiger partial charge in [0.05, 0.1) is 14.2 Å². The van der Waals surface area contributed by atoms with Gasteiger partial charge in [-0.1, -0.05) is 6.07 Å². The molecule has 0 radical (unpaired) electrons. The van der Waals surface area contributed by atoms with E-state index in [1.165, 1.54) is 38.5 Å². The van der Waals surface area contributed by atoms with Gasteiger partial charge in [0.15, 0.2) is 11.5 Å². The standard InChI is InChI=1S/C25H29N3O2/c1-29-20-7-6-19(12-21(20)30-2)23-24(28-8-4-3-5-22(28)26-23)27-25-13-16-9-17(14-25)11-18(10-16)15-25/h3-8,12,16-18,27H,9-11,13-15H2,1-2H3. The van der Waals surface area contributed by atoms with Crippen molar-refractivity contribution in [3.05, 3.63) is 42.6 Å². The molecule has 1 N–H and O–H groups in total. The topological polar surface area (TPSA) is 47.8 Å². The molecule has 4 saturated carbocycles. The van der Waals surface area contributed by atoms with Crippen LogP contribution in [0, 0.1) is 17.8 Å². The summed E-state index contributed by atoms with van der Waals surface area (Å²) in [6.45, 7) is 0. The van der Waals surface area contributed by atoms with Gasteiger partial charge >= 0.3 is 0 Å². The van der Waals surface area contributed by atoms with E-state index in [0.29, 0.717) is 0 Å². The number of hydrogen-bond acceptors (Lipinski definition) is 4. The molecule has 0 spiro atoms. The van der Waals surface area contributed by atoms with Crippen molar-refractivity contribution >= 4 is 11.5 Å². The molecule has 0 aliphatic heterocycles. The first-order valence-electron chi connectivity index (χ1n) is 11.1. The Bertz CT molecular complexity index is 1070. The number of rotatable bonds is 5. The Labute approximate surface area is 177 Å². The summed E-state index contributed by atoms with van der Waals surface area (Å²) in [6.07, 6.45) is 10.3. The molecule has 4 bridgehead atoms. The normalized spacial score (nSPS) is 29.3. The number of nitrogens with one attached hydrogen (secondary N) is 1. The average Bonchev–Trinajstić information content (AvgIpc) is 3.10. The highest BCUT2D eigenvalue weighted by Crippen LogP contribution is 2.57. The van der Waals surface area contributed by atoms with Crippen LogP contribution in [-0.4, -0.2) is 29.1 Å². The number of pyridine rings is 1. The lowest BCUT2D eigenvalue weighted by Gasteiger charge is -2.57. The summed E-state index contributed by atoms with van der Waals surface area (Å²) >= 11 is 0. The fraction of sp³-hybridized carbons (Fsp3) is 0.480. The molecule has 0 amide bonds. The zero-order valence-corrected chi connectivity index (χ0v) is 17.7. The summed E-state index contributed by atoms with van der Waals surface area (Å²) in [5, 5.41) is 4.07. The quantitative estimate of drug-likeness (QED) is 0.620. The van der Waals surface area contributed by atoms with Gasteiger partial charge in [-0.15, -0.1) is 0 Å². The first kappa shape index (κ1) is 18.1. The van der Waals surface area contributed by atoms with E-state index in [1.807, 2.05) is 12.1 Å². The van der Waals surface area contributed by atoms with Crippen molar-refractivity contribution in [1.82, 2.24) is 9.38 Å². The van der Waals surface area contributed by atoms with Crippen LogP contribution in [-0.2, 0) is 0 Å². The van der Waals surface area contributed by atoms with Gasteiger partial charge in [-0.2, -0.15) is 0 Å². The highest BCUT2D eigenvalue weighted by Gasteiger charge is 2.51. The van der Waals surface area contributed by atoms with Crippen LogP contribution in [0.2, 0.25) is 0 Å². The largest absolute Gasteiger partial charge is 0.493 e. The second-order valence-corrected chi connectivity index (χ2v) is 9.63. The van der Waals surface area contributed by atoms with Gasteiger partial charge in [0.2, 0.25) is 0 Å². The minimum atomic E-state index is 0.214. The van der Waals surface area contributed by atoms with Gasteiger partial charge in [0, 0.05) is 17.3 Å². The van der Waals surface area contributed by atoms with Gasteiger partial charge in [0.25, 0.3) is 0 Å². The van der Waals surface area contributed by atoms with Crippen molar-refractivity contribution in [2.45, 2.75) is 44.1 Å². The van der Waals surface area contributed by atoms with E-state index in [9.17, 15) is 0 Å². The predicted octanol–water partition coefficient (Wildman–Crippen LogP) is 5.40. The number of fused-ring (bicyclic) bond motifs is 1. The number of anilines is 1. The smallest absolute Gasteiger partial charge is 0.161 e. The first-order valence-corrected chi connectivity index (χ1v) is 11.1. The number of methoxy groups -OCH3 is 2. The van der Waals surface area contributed by atoms with E-state index in [4.69, 9.17) is 14.5 Å². The molecule has 5 heteroatoms. The lowest BCUT2D eigenvalue weighted by atomic mass is 9.53. The molecule has 0 unspecified atom stereocenters. The Morgan fingerprint density at radius 1 is 0.933 bits per heavy atom. The van der Waals surface area contributed by atoms with Gasteiger partial charge in [0.1, 0.15) is 17.2 Å². The number of nitrogens with zero attached hydrogens (tertiary/aromatic N) is 2. The Kier molecular flexibility index (Phi) is 4.02. The lowest BCUT2D eigenvalue weighted by Crippen LogP contribution is -2.55. The molecule has 5 nitrogen and oxygen atoms in total. The first-order chi connectivity index (χ1) is 14.7. The molecule has 156 valence electrons. The van der Waals surface area contributed by atoms with E-state index in [1.54, 1.807) is 14.2 Å². The highest BCUT2D eigenvalue weighted by atomic mass is 16.5. The van der Waals surface area contributed by atoms with Crippen molar-refractivity contribution in [1.29, 1.82) is 0 Å². The zero-order valence-electron chi connectivity index (χ0n) is 17.7. The fourth-order valence-electron chi connectivity index (χ4n) is 6.81. The molecule has 2 aromatic heterocycles. The Balaban J connectivity index is 1.46. The van der Waals surface area contributed by atoms with E-state index in [0.717, 1.165) is 52.0 Å². The zero-order chi connectivity index (χ0) is 20.3. The number of hydrogen-bond donors (Lipinski definition) is 1. The Morgan fingerprint density at radius 2 is 1.63 bits per heavy atom. The van der Waals surface area contributed by atoms with Gasteiger partial charge in [-0.3, -0.25) is 4.40 Å². The fourth-order valence-corrected chi connectivity index (χ4v) is 6.81. The monoisotopic (exact) mass is 403 g/mol. The minimum absolute atomic E-state index is 0.214. The summed E-state index contributed by atoms with van der Waals surface area (Å²) in [7, 11) is 3.35. The molecular weight excluding hydrogens is 374 g/mol. The Hall–Kier alpha value is -2.69. The summed E-state index contributed by atoms with van der Waals surface area (Å²) < 4.78 is 13.2. The van der Waals surface area contributed by atoms with Crippen molar-refractivity contribution in [3.8, 4) is 22.8 Å². The van der Waals surface area contributed by atoms with Crippen molar-refractivity contribution in [2.75, 3.05) is 19.5 Å². The number of ether oxygens (including phenoxy) is 2. The number of aromatic nitrogens is 2. The van der Waals surface area contributed by atoms with Crippen LogP contribution in [0.1, 0.15) is 38.5 Å².